The van der Waals surface area contributed by atoms with Gasteiger partial charge < -0.3 is 4.79 Å². The highest BCUT2D eigenvalue weighted by molar-refractivity contribution is 8.00. The van der Waals surface area contributed by atoms with E-state index in [2.05, 4.69) is 37.8 Å². The van der Waals surface area contributed by atoms with Crippen LogP contribution in [0.4, 0.5) is 0 Å². The van der Waals surface area contributed by atoms with Gasteiger partial charge in [0.1, 0.15) is 6.29 Å². The van der Waals surface area contributed by atoms with E-state index in [1.54, 1.807) is 0 Å². The van der Waals surface area contributed by atoms with E-state index < -0.39 is 5.41 Å². The van der Waals surface area contributed by atoms with E-state index in [4.69, 9.17) is 0 Å². The molecule has 0 amide bonds. The van der Waals surface area contributed by atoms with Crippen molar-refractivity contribution in [2.24, 2.45) is 0 Å². The molecule has 2 rings (SSSR count). The summed E-state index contributed by atoms with van der Waals surface area (Å²) in [6.07, 6.45) is 1.11. The van der Waals surface area contributed by atoms with Crippen LogP contribution in [0.5, 0.6) is 0 Å². The van der Waals surface area contributed by atoms with Crippen molar-refractivity contribution >= 4 is 18.0 Å². The standard InChI is InChI=1S/C16H23NOS/c1-13-14(2)19-10-9-17(13)11-16(3,12-18)15-7-5-4-6-8-15/h4-8,12-14H,9-11H2,1-3H3. The molecule has 1 heterocycles. The molecule has 1 aromatic rings. The lowest BCUT2D eigenvalue weighted by Crippen LogP contribution is -2.50. The molecule has 19 heavy (non-hydrogen) atoms. The summed E-state index contributed by atoms with van der Waals surface area (Å²) in [5.41, 5.74) is 0.708. The van der Waals surface area contributed by atoms with Gasteiger partial charge in [0.25, 0.3) is 0 Å². The van der Waals surface area contributed by atoms with Gasteiger partial charge in [0.15, 0.2) is 0 Å². The number of hydrogen-bond donors (Lipinski definition) is 0. The molecule has 0 radical (unpaired) electrons. The topological polar surface area (TPSA) is 20.3 Å². The van der Waals surface area contributed by atoms with Gasteiger partial charge in [-0.05, 0) is 19.4 Å². The Morgan fingerprint density at radius 3 is 2.68 bits per heavy atom. The maximum absolute atomic E-state index is 11.7. The highest BCUT2D eigenvalue weighted by Crippen LogP contribution is 2.29. The van der Waals surface area contributed by atoms with Crippen molar-refractivity contribution in [3.63, 3.8) is 0 Å². The van der Waals surface area contributed by atoms with Crippen molar-refractivity contribution in [2.45, 2.75) is 37.5 Å². The Balaban J connectivity index is 2.16. The van der Waals surface area contributed by atoms with Gasteiger partial charge in [-0.1, -0.05) is 37.3 Å². The molecule has 104 valence electrons. The Bertz CT molecular complexity index is 422. The quantitative estimate of drug-likeness (QED) is 0.789. The molecule has 0 saturated carbocycles. The predicted molar refractivity (Wildman–Crippen MR) is 82.8 cm³/mol. The third kappa shape index (κ3) is 3.21. The van der Waals surface area contributed by atoms with Crippen LogP contribution in [0.15, 0.2) is 30.3 Å². The normalized spacial score (nSPS) is 27.7. The van der Waals surface area contributed by atoms with Crippen LogP contribution in [0.3, 0.4) is 0 Å². The average Bonchev–Trinajstić information content (AvgIpc) is 2.45. The van der Waals surface area contributed by atoms with Crippen molar-refractivity contribution in [3.05, 3.63) is 35.9 Å². The fraction of sp³-hybridized carbons (Fsp3) is 0.562. The fourth-order valence-corrected chi connectivity index (χ4v) is 3.82. The maximum atomic E-state index is 11.7. The van der Waals surface area contributed by atoms with Gasteiger partial charge in [-0.25, -0.2) is 0 Å². The van der Waals surface area contributed by atoms with E-state index in [0.717, 1.165) is 30.7 Å². The van der Waals surface area contributed by atoms with Crippen molar-refractivity contribution in [1.82, 2.24) is 4.90 Å². The highest BCUT2D eigenvalue weighted by atomic mass is 32.2. The Hall–Kier alpha value is -0.800. The van der Waals surface area contributed by atoms with E-state index in [0.29, 0.717) is 11.3 Å². The number of carbonyl (C=O) groups is 1. The Morgan fingerprint density at radius 1 is 1.37 bits per heavy atom. The lowest BCUT2D eigenvalue weighted by atomic mass is 9.83. The van der Waals surface area contributed by atoms with Gasteiger partial charge in [-0.2, -0.15) is 11.8 Å². The molecule has 1 aromatic carbocycles. The zero-order chi connectivity index (χ0) is 13.9. The molecular formula is C16H23NOS. The molecule has 3 unspecified atom stereocenters. The Labute approximate surface area is 120 Å². The minimum Gasteiger partial charge on any atom is -0.302 e. The maximum Gasteiger partial charge on any atom is 0.131 e. The predicted octanol–water partition coefficient (Wildman–Crippen LogP) is 2.97. The van der Waals surface area contributed by atoms with Gasteiger partial charge in [-0.15, -0.1) is 0 Å². The first-order valence-corrected chi connectivity index (χ1v) is 7.99. The second kappa shape index (κ2) is 6.10. The molecule has 0 bridgehead atoms. The highest BCUT2D eigenvalue weighted by Gasteiger charge is 2.33. The van der Waals surface area contributed by atoms with Crippen molar-refractivity contribution in [2.75, 3.05) is 18.8 Å². The molecule has 3 heteroatoms. The van der Waals surface area contributed by atoms with Crippen LogP contribution >= 0.6 is 11.8 Å². The van der Waals surface area contributed by atoms with E-state index in [-0.39, 0.29) is 0 Å². The summed E-state index contributed by atoms with van der Waals surface area (Å²) >= 11 is 2.03. The Kier molecular flexibility index (Phi) is 4.69. The lowest BCUT2D eigenvalue weighted by molar-refractivity contribution is -0.113. The number of nitrogens with zero attached hydrogens (tertiary/aromatic N) is 1. The zero-order valence-electron chi connectivity index (χ0n) is 12.0. The van der Waals surface area contributed by atoms with Crippen LogP contribution in [0.25, 0.3) is 0 Å². The number of carbonyl (C=O) groups excluding carboxylic acids is 1. The van der Waals surface area contributed by atoms with Crippen molar-refractivity contribution < 1.29 is 4.79 Å². The van der Waals surface area contributed by atoms with Crippen molar-refractivity contribution in [3.8, 4) is 0 Å². The van der Waals surface area contributed by atoms with Crippen LogP contribution < -0.4 is 0 Å². The SMILES string of the molecule is CC1SCCN(CC(C)(C=O)c2ccccc2)C1C. The molecule has 0 N–H and O–H groups in total. The molecule has 1 aliphatic rings. The van der Waals surface area contributed by atoms with Gasteiger partial charge in [0.2, 0.25) is 0 Å². The largest absolute Gasteiger partial charge is 0.302 e. The summed E-state index contributed by atoms with van der Waals surface area (Å²) < 4.78 is 0. The van der Waals surface area contributed by atoms with Gasteiger partial charge >= 0.3 is 0 Å². The summed E-state index contributed by atoms with van der Waals surface area (Å²) in [6, 6.07) is 10.7. The number of hydrogen-bond acceptors (Lipinski definition) is 3. The molecule has 0 aromatic heterocycles. The van der Waals surface area contributed by atoms with Crippen LogP contribution in [0, 0.1) is 0 Å². The molecule has 1 fully saturated rings. The minimum absolute atomic E-state index is 0.406. The van der Waals surface area contributed by atoms with Crippen LogP contribution in [0.1, 0.15) is 26.3 Å². The summed E-state index contributed by atoms with van der Waals surface area (Å²) in [4.78, 5) is 14.1. The first kappa shape index (κ1) is 14.6. The number of rotatable bonds is 4. The van der Waals surface area contributed by atoms with Gasteiger partial charge in [-0.3, -0.25) is 4.90 Å². The number of benzene rings is 1. The monoisotopic (exact) mass is 277 g/mol. The summed E-state index contributed by atoms with van der Waals surface area (Å²) in [6.45, 7) is 8.49. The van der Waals surface area contributed by atoms with Crippen LogP contribution in [0.2, 0.25) is 0 Å². The first-order valence-electron chi connectivity index (χ1n) is 6.94. The molecular weight excluding hydrogens is 254 g/mol. The van der Waals surface area contributed by atoms with Crippen molar-refractivity contribution in [1.29, 1.82) is 0 Å². The molecule has 3 atom stereocenters. The fourth-order valence-electron chi connectivity index (χ4n) is 2.66. The third-order valence-corrected chi connectivity index (χ3v) is 5.58. The van der Waals surface area contributed by atoms with Gasteiger partial charge in [0.05, 0.1) is 5.41 Å². The molecule has 1 saturated heterocycles. The second-order valence-corrected chi connectivity index (χ2v) is 7.17. The average molecular weight is 277 g/mol. The molecule has 1 aliphatic heterocycles. The summed E-state index contributed by atoms with van der Waals surface area (Å²) in [5.74, 6) is 1.16. The summed E-state index contributed by atoms with van der Waals surface area (Å²) in [7, 11) is 0. The van der Waals surface area contributed by atoms with Crippen LogP contribution in [-0.2, 0) is 10.2 Å². The molecule has 0 spiro atoms. The van der Waals surface area contributed by atoms with Gasteiger partial charge in [0, 0.05) is 30.1 Å². The Morgan fingerprint density at radius 2 is 2.05 bits per heavy atom. The second-order valence-electron chi connectivity index (χ2n) is 5.69. The van der Waals surface area contributed by atoms with Crippen LogP contribution in [-0.4, -0.2) is 41.3 Å². The first-order chi connectivity index (χ1) is 9.07. The van der Waals surface area contributed by atoms with E-state index >= 15 is 0 Å². The van der Waals surface area contributed by atoms with E-state index in [9.17, 15) is 4.79 Å². The minimum atomic E-state index is -0.406. The van der Waals surface area contributed by atoms with E-state index in [1.165, 1.54) is 0 Å². The van der Waals surface area contributed by atoms with E-state index in [1.807, 2.05) is 30.0 Å². The smallest absolute Gasteiger partial charge is 0.131 e. The number of aldehydes is 1. The molecule has 0 aliphatic carbocycles. The lowest BCUT2D eigenvalue weighted by Gasteiger charge is -2.41. The molecule has 2 nitrogen and oxygen atoms in total. The summed E-state index contributed by atoms with van der Waals surface area (Å²) in [5, 5.41) is 0.639. The zero-order valence-corrected chi connectivity index (χ0v) is 12.8. The third-order valence-electron chi connectivity index (χ3n) is 4.24. The number of thioether (sulfide) groups is 1.